The number of para-hydroxylation sites is 2. The fourth-order valence-electron chi connectivity index (χ4n) is 7.01. The predicted molar refractivity (Wildman–Crippen MR) is 170 cm³/mol. The van der Waals surface area contributed by atoms with Crippen molar-refractivity contribution in [2.45, 2.75) is 44.0 Å². The minimum Gasteiger partial charge on any atom is -0.469 e. The molecule has 2 unspecified atom stereocenters. The molecule has 5 aromatic rings. The number of hydrogen-bond donors (Lipinski definition) is 5. The van der Waals surface area contributed by atoms with Crippen LogP contribution in [0.15, 0.2) is 77.3 Å². The van der Waals surface area contributed by atoms with Gasteiger partial charge in [0.2, 0.25) is 11.8 Å². The molecular weight excluding hydrogens is 584 g/mol. The number of carbonyl (C=O) groups excluding carboxylic acids is 3. The molecule has 0 saturated heterocycles. The normalized spacial score (nSPS) is 22.6. The topological polar surface area (TPSA) is 164 Å². The highest BCUT2D eigenvalue weighted by Crippen LogP contribution is 2.58. The van der Waals surface area contributed by atoms with Crippen molar-refractivity contribution in [3.63, 3.8) is 0 Å². The van der Waals surface area contributed by atoms with E-state index in [2.05, 4.69) is 20.9 Å². The fraction of sp³-hybridized carbons (Fsp3) is 0.257. The van der Waals surface area contributed by atoms with Crippen LogP contribution in [0.5, 0.6) is 5.75 Å². The van der Waals surface area contributed by atoms with E-state index in [0.717, 1.165) is 33.3 Å². The fourth-order valence-corrected chi connectivity index (χ4v) is 7.01. The first kappa shape index (κ1) is 28.1. The molecule has 3 aromatic carbocycles. The molecule has 3 aliphatic rings. The lowest BCUT2D eigenvalue weighted by Crippen LogP contribution is -2.45. The van der Waals surface area contributed by atoms with E-state index in [9.17, 15) is 14.4 Å². The maximum atomic E-state index is 14.2. The van der Waals surface area contributed by atoms with E-state index in [0.29, 0.717) is 17.7 Å². The van der Waals surface area contributed by atoms with E-state index in [1.807, 2.05) is 80.6 Å². The molecule has 11 heteroatoms. The Morgan fingerprint density at radius 1 is 1.07 bits per heavy atom. The second-order valence-electron chi connectivity index (χ2n) is 12.5. The Morgan fingerprint density at radius 3 is 2.72 bits per heavy atom. The van der Waals surface area contributed by atoms with Gasteiger partial charge in [-0.25, -0.2) is 4.98 Å². The summed E-state index contributed by atoms with van der Waals surface area (Å²) in [5.41, 5.74) is 9.92. The molecule has 8 rings (SSSR count). The third-order valence-corrected chi connectivity index (χ3v) is 9.28. The number of hydrogen-bond acceptors (Lipinski definition) is 8. The number of H-pyrrole nitrogens is 1. The number of ketones is 1. The van der Waals surface area contributed by atoms with Crippen LogP contribution >= 0.6 is 0 Å². The number of oxazole rings is 1. The molecule has 232 valence electrons. The highest BCUT2D eigenvalue weighted by Gasteiger charge is 2.61. The number of anilines is 1. The summed E-state index contributed by atoms with van der Waals surface area (Å²) in [7, 11) is 0. The van der Waals surface area contributed by atoms with Crippen LogP contribution in [0.4, 0.5) is 5.69 Å². The lowest BCUT2D eigenvalue weighted by molar-refractivity contribution is -0.123. The highest BCUT2D eigenvalue weighted by atomic mass is 16.5. The van der Waals surface area contributed by atoms with Gasteiger partial charge in [0.15, 0.2) is 23.5 Å². The van der Waals surface area contributed by atoms with Crippen LogP contribution < -0.4 is 26.4 Å². The van der Waals surface area contributed by atoms with Gasteiger partial charge < -0.3 is 35.8 Å². The molecule has 11 nitrogen and oxygen atoms in total. The Bertz CT molecular complexity index is 2060. The SMILES string of the molecule is CC(C)[C@@H]1NC(=O)C(N)Cc2ccc3c(c2)C2(c4ccccc4N[C@H]2O3)c2oc1nc2C(=O)NCC(=O)c1c[nH]c2ccccc12. The van der Waals surface area contributed by atoms with Gasteiger partial charge >= 0.3 is 0 Å². The summed E-state index contributed by atoms with van der Waals surface area (Å²) < 4.78 is 13.2. The lowest BCUT2D eigenvalue weighted by atomic mass is 9.72. The molecule has 2 aromatic heterocycles. The Labute approximate surface area is 263 Å². The first-order valence-electron chi connectivity index (χ1n) is 15.4. The standard InChI is InChI=1S/C35H32N6O5/c1-17(2)28-33-41-29(32(44)38-16-26(42)20-15-37-24-9-5-3-7-19(20)24)30(46-33)35-21-8-4-6-10-25(21)39-34(35)45-27-12-11-18(13-22(27)35)14-23(36)31(43)40-28/h3-13,15,17,23,28,34,37,39H,14,16,36H2,1-2H3,(H,38,44)(H,40,43)/t23?,28-,34-,35?/m0/s1. The van der Waals surface area contributed by atoms with Crippen molar-refractivity contribution in [2.75, 3.05) is 11.9 Å². The minimum atomic E-state index is -1.10. The molecule has 2 amide bonds. The number of fused-ring (bicyclic) bond motifs is 5. The Balaban J connectivity index is 1.28. The van der Waals surface area contributed by atoms with E-state index in [1.165, 1.54) is 0 Å². The quantitative estimate of drug-likeness (QED) is 0.185. The Kier molecular flexibility index (Phi) is 6.30. The van der Waals surface area contributed by atoms with E-state index in [4.69, 9.17) is 19.9 Å². The molecular formula is C35H32N6O5. The van der Waals surface area contributed by atoms with Crippen LogP contribution in [0, 0.1) is 5.92 Å². The Hall–Kier alpha value is -5.42. The van der Waals surface area contributed by atoms with Crippen molar-refractivity contribution in [2.24, 2.45) is 11.7 Å². The van der Waals surface area contributed by atoms with Crippen molar-refractivity contribution in [3.8, 4) is 5.75 Å². The van der Waals surface area contributed by atoms with Gasteiger partial charge in [-0.2, -0.15) is 0 Å². The van der Waals surface area contributed by atoms with E-state index >= 15 is 0 Å². The third-order valence-electron chi connectivity index (χ3n) is 9.28. The van der Waals surface area contributed by atoms with Crippen LogP contribution in [-0.2, 0) is 16.6 Å². The number of carbonyl (C=O) groups is 3. The Morgan fingerprint density at radius 2 is 1.87 bits per heavy atom. The number of nitrogens with zero attached hydrogens (tertiary/aromatic N) is 1. The molecule has 5 heterocycles. The summed E-state index contributed by atoms with van der Waals surface area (Å²) in [6, 6.07) is 19.5. The van der Waals surface area contributed by atoms with Gasteiger partial charge in [-0.15, -0.1) is 0 Å². The zero-order chi connectivity index (χ0) is 31.7. The summed E-state index contributed by atoms with van der Waals surface area (Å²) in [4.78, 5) is 48.7. The van der Waals surface area contributed by atoms with Gasteiger partial charge in [-0.3, -0.25) is 14.4 Å². The van der Waals surface area contributed by atoms with Gasteiger partial charge in [0.1, 0.15) is 17.2 Å². The van der Waals surface area contributed by atoms with E-state index < -0.39 is 29.6 Å². The van der Waals surface area contributed by atoms with Crippen molar-refractivity contribution in [3.05, 3.63) is 113 Å². The van der Waals surface area contributed by atoms with Crippen molar-refractivity contribution < 1.29 is 23.5 Å². The number of aromatic amines is 1. The van der Waals surface area contributed by atoms with E-state index in [1.54, 1.807) is 6.20 Å². The summed E-state index contributed by atoms with van der Waals surface area (Å²) in [5.74, 6) is -0.298. The van der Waals surface area contributed by atoms with Crippen LogP contribution in [-0.4, -0.2) is 46.4 Å². The van der Waals surface area contributed by atoms with E-state index in [-0.39, 0.29) is 41.5 Å². The molecule has 0 fully saturated rings. The maximum absolute atomic E-state index is 14.2. The van der Waals surface area contributed by atoms with Gasteiger partial charge in [0.05, 0.1) is 12.6 Å². The molecule has 6 N–H and O–H groups in total. The summed E-state index contributed by atoms with van der Waals surface area (Å²) in [6.07, 6.45) is 1.30. The van der Waals surface area contributed by atoms with Gasteiger partial charge in [0, 0.05) is 33.9 Å². The zero-order valence-electron chi connectivity index (χ0n) is 25.2. The molecule has 3 aliphatic heterocycles. The first-order chi connectivity index (χ1) is 22.3. The number of amides is 2. The third kappa shape index (κ3) is 4.08. The number of benzene rings is 3. The van der Waals surface area contributed by atoms with Crippen LogP contribution in [0.25, 0.3) is 10.9 Å². The molecule has 4 atom stereocenters. The van der Waals surface area contributed by atoms with Gasteiger partial charge in [0.25, 0.3) is 5.91 Å². The van der Waals surface area contributed by atoms with Gasteiger partial charge in [-0.1, -0.05) is 62.4 Å². The molecule has 46 heavy (non-hydrogen) atoms. The van der Waals surface area contributed by atoms with Crippen LogP contribution in [0.1, 0.15) is 69.1 Å². The number of nitrogens with one attached hydrogen (secondary N) is 4. The maximum Gasteiger partial charge on any atom is 0.273 e. The number of nitrogens with two attached hydrogens (primary N) is 1. The lowest BCUT2D eigenvalue weighted by Gasteiger charge is -2.28. The second kappa shape index (κ2) is 10.3. The summed E-state index contributed by atoms with van der Waals surface area (Å²) in [6.45, 7) is 3.60. The van der Waals surface area contributed by atoms with Crippen molar-refractivity contribution in [1.82, 2.24) is 20.6 Å². The number of Topliss-reactive ketones (excluding diaryl/α,β-unsaturated/α-hetero) is 1. The van der Waals surface area contributed by atoms with Gasteiger partial charge in [-0.05, 0) is 41.7 Å². The van der Waals surface area contributed by atoms with Crippen LogP contribution in [0.3, 0.4) is 0 Å². The number of ether oxygens (including phenoxy) is 1. The molecule has 4 bridgehead atoms. The molecule has 0 aliphatic carbocycles. The minimum absolute atomic E-state index is 0.00975. The van der Waals surface area contributed by atoms with Crippen molar-refractivity contribution >= 4 is 34.2 Å². The number of aromatic nitrogens is 2. The smallest absolute Gasteiger partial charge is 0.273 e. The predicted octanol–water partition coefficient (Wildman–Crippen LogP) is 3.94. The van der Waals surface area contributed by atoms with Crippen LogP contribution in [0.2, 0.25) is 0 Å². The largest absolute Gasteiger partial charge is 0.469 e. The summed E-state index contributed by atoms with van der Waals surface area (Å²) in [5, 5.41) is 10.1. The molecule has 0 saturated carbocycles. The molecule has 0 radical (unpaired) electrons. The monoisotopic (exact) mass is 616 g/mol. The summed E-state index contributed by atoms with van der Waals surface area (Å²) >= 11 is 0. The molecule has 1 spiro atoms. The second-order valence-corrected chi connectivity index (χ2v) is 12.5. The zero-order valence-corrected chi connectivity index (χ0v) is 25.2. The average Bonchev–Trinajstić information content (AvgIpc) is 3.81. The average molecular weight is 617 g/mol. The highest BCUT2D eigenvalue weighted by molar-refractivity contribution is 6.10. The van der Waals surface area contributed by atoms with Crippen molar-refractivity contribution in [1.29, 1.82) is 0 Å². The number of rotatable bonds is 5. The first-order valence-corrected chi connectivity index (χ1v) is 15.4.